The second kappa shape index (κ2) is 15.0. The number of nitrogens with zero attached hydrogens (tertiary/aromatic N) is 4. The van der Waals surface area contributed by atoms with Gasteiger partial charge in [-0.3, -0.25) is 0 Å². The average Bonchev–Trinajstić information content (AvgIpc) is 4.48. The van der Waals surface area contributed by atoms with Crippen LogP contribution < -0.4 is 0 Å². The highest BCUT2D eigenvalue weighted by Crippen LogP contribution is 2.53. The maximum atomic E-state index is 7.13. The van der Waals surface area contributed by atoms with E-state index < -0.39 is 0 Å². The molecular formula is C69H36N4O4. The van der Waals surface area contributed by atoms with Gasteiger partial charge in [0, 0.05) is 81.9 Å². The zero-order valence-electron chi connectivity index (χ0n) is 40.7. The second-order valence-electron chi connectivity index (χ2n) is 20.2. The first-order chi connectivity index (χ1) is 38.1. The second-order valence-corrected chi connectivity index (χ2v) is 20.2. The Morgan fingerprint density at radius 3 is 1.38 bits per heavy atom. The lowest BCUT2D eigenvalue weighted by Gasteiger charge is -2.20. The van der Waals surface area contributed by atoms with E-state index in [4.69, 9.17) is 32.6 Å². The molecule has 0 N–H and O–H groups in total. The lowest BCUT2D eigenvalue weighted by molar-refractivity contribution is 0.665. The maximum absolute atomic E-state index is 7.13. The first-order valence-electron chi connectivity index (χ1n) is 25.8. The topological polar surface area (TPSA) is 96.2 Å². The Balaban J connectivity index is 0.925. The number of rotatable bonds is 4. The van der Waals surface area contributed by atoms with Crippen LogP contribution in [0.2, 0.25) is 0 Å². The Bertz CT molecular complexity index is 5290. The summed E-state index contributed by atoms with van der Waals surface area (Å²) in [6, 6.07) is 76.3. The van der Waals surface area contributed by atoms with Crippen LogP contribution in [0.1, 0.15) is 0 Å². The van der Waals surface area contributed by atoms with Crippen molar-refractivity contribution in [2.24, 2.45) is 0 Å². The van der Waals surface area contributed by atoms with Gasteiger partial charge in [-0.1, -0.05) is 140 Å². The van der Waals surface area contributed by atoms with E-state index in [-0.39, 0.29) is 0 Å². The van der Waals surface area contributed by atoms with Crippen molar-refractivity contribution in [3.8, 4) is 73.2 Å². The first kappa shape index (κ1) is 40.9. The van der Waals surface area contributed by atoms with Crippen LogP contribution in [0.15, 0.2) is 236 Å². The molecule has 0 spiro atoms. The molecule has 0 radical (unpaired) electrons. The number of aromatic nitrogens is 4. The van der Waals surface area contributed by atoms with Crippen LogP contribution in [-0.4, -0.2) is 19.5 Å². The summed E-state index contributed by atoms with van der Waals surface area (Å²) in [5, 5.41) is 10.5. The van der Waals surface area contributed by atoms with Crippen molar-refractivity contribution in [3.63, 3.8) is 0 Å². The molecule has 8 heteroatoms. The minimum atomic E-state index is 0.522. The molecule has 18 rings (SSSR count). The largest absolute Gasteiger partial charge is 0.456 e. The molecule has 8 nitrogen and oxygen atoms in total. The highest BCUT2D eigenvalue weighted by molar-refractivity contribution is 6.29. The van der Waals surface area contributed by atoms with Crippen molar-refractivity contribution in [1.29, 1.82) is 0 Å². The number of benzene rings is 11. The summed E-state index contributed by atoms with van der Waals surface area (Å²) in [5.74, 6) is 1.57. The maximum Gasteiger partial charge on any atom is 0.164 e. The van der Waals surface area contributed by atoms with Crippen molar-refractivity contribution in [2.45, 2.75) is 0 Å². The quantitative estimate of drug-likeness (QED) is 0.173. The van der Waals surface area contributed by atoms with Gasteiger partial charge in [0.05, 0.1) is 22.1 Å². The van der Waals surface area contributed by atoms with Crippen LogP contribution in [0, 0.1) is 0 Å². The SMILES string of the molecule is c1ccc(-c2cc(-c3nc(-c4ccc5c(c4)oc4ccccc45)nc(-c4ccc5c(c4)oc4ccccc45)n3)cc3c2-n2c4ccccc4c4c5oc6cc7c(cc6c5cc(c42)-c2ccccc2-3)oc2ccccc27)cc1. The molecule has 0 saturated heterocycles. The van der Waals surface area contributed by atoms with Crippen LogP contribution >= 0.6 is 0 Å². The van der Waals surface area contributed by atoms with Gasteiger partial charge in [0.2, 0.25) is 0 Å². The van der Waals surface area contributed by atoms with E-state index in [2.05, 4.69) is 162 Å². The minimum Gasteiger partial charge on any atom is -0.456 e. The van der Waals surface area contributed by atoms with Gasteiger partial charge in [-0.05, 0) is 95.6 Å². The van der Waals surface area contributed by atoms with Gasteiger partial charge in [0.1, 0.15) is 44.7 Å². The van der Waals surface area contributed by atoms with E-state index in [0.29, 0.717) is 17.5 Å². The average molecular weight is 985 g/mol. The molecule has 0 atom stereocenters. The molecule has 6 aromatic heterocycles. The summed E-state index contributed by atoms with van der Waals surface area (Å²) < 4.78 is 29.0. The summed E-state index contributed by atoms with van der Waals surface area (Å²) in [4.78, 5) is 16.1. The van der Waals surface area contributed by atoms with Crippen molar-refractivity contribution >= 4 is 110 Å². The molecular weight excluding hydrogens is 949 g/mol. The van der Waals surface area contributed by atoms with Gasteiger partial charge in [0.25, 0.3) is 0 Å². The van der Waals surface area contributed by atoms with Crippen molar-refractivity contribution in [2.75, 3.05) is 0 Å². The first-order valence-corrected chi connectivity index (χ1v) is 25.8. The van der Waals surface area contributed by atoms with Gasteiger partial charge in [-0.25, -0.2) is 15.0 Å². The molecule has 0 saturated carbocycles. The van der Waals surface area contributed by atoms with Gasteiger partial charge in [-0.15, -0.1) is 0 Å². The molecule has 0 aliphatic carbocycles. The molecule has 1 aliphatic rings. The standard InChI is InChI=1S/C69H36N4O4/c1-2-14-37(15-3-1)49-30-40(69-71-67(38-26-28-46-43-18-7-11-23-56(43)74-59(46)32-38)70-68(72-69)39-27-29-47-44-19-8-12-24-57(44)75-60(47)33-39)31-52-41-16-4-5-17-42(41)53-34-54-51-36-61-50(45-20-9-13-25-58(45)76-61)35-62(51)77-66(54)63-48-21-6-10-22-55(48)73(64(49)52)65(53)63/h1-36H. The molecule has 17 aromatic rings. The lowest BCUT2D eigenvalue weighted by atomic mass is 9.89. The zero-order chi connectivity index (χ0) is 50.0. The minimum absolute atomic E-state index is 0.522. The third kappa shape index (κ3) is 5.73. The summed E-state index contributed by atoms with van der Waals surface area (Å²) in [6.45, 7) is 0. The van der Waals surface area contributed by atoms with Crippen molar-refractivity contribution in [1.82, 2.24) is 19.5 Å². The van der Waals surface area contributed by atoms with Crippen LogP contribution in [0.4, 0.5) is 0 Å². The number of hydrogen-bond donors (Lipinski definition) is 0. The van der Waals surface area contributed by atoms with Crippen LogP contribution in [0.3, 0.4) is 0 Å². The predicted octanol–water partition coefficient (Wildman–Crippen LogP) is 18.9. The molecule has 0 fully saturated rings. The summed E-state index contributed by atoms with van der Waals surface area (Å²) in [6.07, 6.45) is 0. The smallest absolute Gasteiger partial charge is 0.164 e. The summed E-state index contributed by atoms with van der Waals surface area (Å²) in [7, 11) is 0. The predicted molar refractivity (Wildman–Crippen MR) is 309 cm³/mol. The fraction of sp³-hybridized carbons (Fsp3) is 0. The van der Waals surface area contributed by atoms with Crippen LogP contribution in [0.25, 0.3) is 183 Å². The Hall–Kier alpha value is -10.6. The Kier molecular flexibility index (Phi) is 7.98. The summed E-state index contributed by atoms with van der Waals surface area (Å²) >= 11 is 0. The molecule has 356 valence electrons. The third-order valence-corrected chi connectivity index (χ3v) is 16.0. The Morgan fingerprint density at radius 2 is 0.740 bits per heavy atom. The van der Waals surface area contributed by atoms with Gasteiger partial charge >= 0.3 is 0 Å². The van der Waals surface area contributed by atoms with E-state index in [1.807, 2.05) is 60.7 Å². The number of furan rings is 4. The monoisotopic (exact) mass is 984 g/mol. The fourth-order valence-electron chi connectivity index (χ4n) is 12.5. The van der Waals surface area contributed by atoms with Crippen LogP contribution in [-0.2, 0) is 0 Å². The van der Waals surface area contributed by atoms with Gasteiger partial charge in [0.15, 0.2) is 17.5 Å². The number of hydrogen-bond acceptors (Lipinski definition) is 7. The summed E-state index contributed by atoms with van der Waals surface area (Å²) in [5.41, 5.74) is 18.6. The van der Waals surface area contributed by atoms with E-state index in [0.717, 1.165) is 165 Å². The Labute approximate surface area is 436 Å². The molecule has 0 amide bonds. The lowest BCUT2D eigenvalue weighted by Crippen LogP contribution is -2.03. The molecule has 1 aliphatic heterocycles. The number of para-hydroxylation sites is 4. The van der Waals surface area contributed by atoms with Gasteiger partial charge < -0.3 is 22.2 Å². The van der Waals surface area contributed by atoms with E-state index >= 15 is 0 Å². The number of fused-ring (bicyclic) bond motifs is 21. The van der Waals surface area contributed by atoms with E-state index in [1.54, 1.807) is 0 Å². The Morgan fingerprint density at radius 1 is 0.273 bits per heavy atom. The zero-order valence-corrected chi connectivity index (χ0v) is 40.7. The third-order valence-electron chi connectivity index (χ3n) is 16.0. The van der Waals surface area contributed by atoms with Crippen molar-refractivity contribution in [3.05, 3.63) is 218 Å². The van der Waals surface area contributed by atoms with Gasteiger partial charge in [-0.2, -0.15) is 0 Å². The highest BCUT2D eigenvalue weighted by Gasteiger charge is 2.31. The molecule has 77 heavy (non-hydrogen) atoms. The van der Waals surface area contributed by atoms with Crippen LogP contribution in [0.5, 0.6) is 0 Å². The highest BCUT2D eigenvalue weighted by atomic mass is 16.3. The van der Waals surface area contributed by atoms with E-state index in [9.17, 15) is 0 Å². The molecule has 0 unspecified atom stereocenters. The fourth-order valence-corrected chi connectivity index (χ4v) is 12.5. The van der Waals surface area contributed by atoms with E-state index in [1.165, 1.54) is 0 Å². The molecule has 7 heterocycles. The molecule has 11 aromatic carbocycles. The van der Waals surface area contributed by atoms with Crippen molar-refractivity contribution < 1.29 is 17.7 Å². The normalized spacial score (nSPS) is 12.4. The molecule has 0 bridgehead atoms.